The molecule has 0 unspecified atom stereocenters. The van der Waals surface area contributed by atoms with E-state index >= 15 is 0 Å². The molecule has 1 aliphatic carbocycles. The van der Waals surface area contributed by atoms with E-state index in [2.05, 4.69) is 31.8 Å². The Balaban J connectivity index is 1.26. The molecule has 3 heterocycles. The van der Waals surface area contributed by atoms with Gasteiger partial charge in [0.25, 0.3) is 5.88 Å². The first-order valence-electron chi connectivity index (χ1n) is 16.7. The molecule has 2 aliphatic rings. The van der Waals surface area contributed by atoms with Crippen molar-refractivity contribution < 1.29 is 23.7 Å². The summed E-state index contributed by atoms with van der Waals surface area (Å²) in [4.78, 5) is 11.7. The molecule has 3 aromatic rings. The van der Waals surface area contributed by atoms with Gasteiger partial charge in [-0.25, -0.2) is 9.97 Å². The standard InChI is InChI=1S/C33H47N11O5/c1-24(21-43(23-35)41-36)49-31-17-25(3-4-26(31)18-34)27-19-37-33(38-20-27)39-30-22-44(40-32(30)48-16-15-47-14-13-45-2)29-7-5-28(6-8-29)42-9-11-46-12-10-42/h3-4,17,19-20,22-24,28-29,35,41H,5-16,21,36H2,1-2H3,(H,37,38,39)/t24-,28?,29?/m0/s1. The molecule has 264 valence electrons. The van der Waals surface area contributed by atoms with E-state index in [4.69, 9.17) is 40.0 Å². The normalized spacial score (nSPS) is 18.7. The van der Waals surface area contributed by atoms with Crippen LogP contribution in [0.15, 0.2) is 36.8 Å². The van der Waals surface area contributed by atoms with Gasteiger partial charge in [0.15, 0.2) is 0 Å². The Kier molecular flexibility index (Phi) is 13.5. The lowest BCUT2D eigenvalue weighted by Gasteiger charge is -2.38. The van der Waals surface area contributed by atoms with Crippen molar-refractivity contribution in [3.63, 3.8) is 0 Å². The van der Waals surface area contributed by atoms with Gasteiger partial charge >= 0.3 is 0 Å². The van der Waals surface area contributed by atoms with Gasteiger partial charge in [-0.2, -0.15) is 10.8 Å². The van der Waals surface area contributed by atoms with Crippen LogP contribution in [0.4, 0.5) is 11.6 Å². The number of aromatic nitrogens is 4. The maximum atomic E-state index is 9.64. The summed E-state index contributed by atoms with van der Waals surface area (Å²) in [6.07, 6.45) is 10.4. The summed E-state index contributed by atoms with van der Waals surface area (Å²) in [6, 6.07) is 8.33. The molecule has 1 aliphatic heterocycles. The minimum Gasteiger partial charge on any atom is -0.487 e. The largest absolute Gasteiger partial charge is 0.487 e. The van der Waals surface area contributed by atoms with Crippen molar-refractivity contribution in [2.24, 2.45) is 5.84 Å². The molecule has 0 spiro atoms. The van der Waals surface area contributed by atoms with Crippen LogP contribution in [0.5, 0.6) is 11.6 Å². The number of nitriles is 1. The lowest BCUT2D eigenvalue weighted by atomic mass is 9.90. The molecule has 5 rings (SSSR count). The van der Waals surface area contributed by atoms with Crippen LogP contribution in [-0.4, -0.2) is 115 Å². The van der Waals surface area contributed by atoms with E-state index in [1.165, 1.54) is 5.01 Å². The Morgan fingerprint density at radius 3 is 2.53 bits per heavy atom. The number of nitrogens with one attached hydrogen (secondary N) is 3. The molecule has 1 atom stereocenters. The molecule has 1 aromatic carbocycles. The fraction of sp³-hybridized carbons (Fsp3) is 0.545. The number of benzene rings is 1. The fourth-order valence-corrected chi connectivity index (χ4v) is 6.05. The number of methoxy groups -OCH3 is 1. The highest BCUT2D eigenvalue weighted by Gasteiger charge is 2.29. The van der Waals surface area contributed by atoms with Gasteiger partial charge in [0.2, 0.25) is 5.95 Å². The number of hydrazine groups is 2. The van der Waals surface area contributed by atoms with E-state index in [0.29, 0.717) is 67.8 Å². The van der Waals surface area contributed by atoms with Gasteiger partial charge in [-0.3, -0.25) is 25.8 Å². The number of ether oxygens (including phenoxy) is 5. The average molecular weight is 678 g/mol. The summed E-state index contributed by atoms with van der Waals surface area (Å²) in [5, 5.41) is 26.6. The van der Waals surface area contributed by atoms with E-state index in [0.717, 1.165) is 69.5 Å². The summed E-state index contributed by atoms with van der Waals surface area (Å²) in [7, 11) is 1.64. The van der Waals surface area contributed by atoms with Crippen molar-refractivity contribution in [2.75, 3.05) is 71.7 Å². The van der Waals surface area contributed by atoms with Gasteiger partial charge in [0, 0.05) is 44.2 Å². The van der Waals surface area contributed by atoms with E-state index < -0.39 is 0 Å². The molecule has 2 aromatic heterocycles. The Labute approximate surface area is 286 Å². The Morgan fingerprint density at radius 1 is 1.10 bits per heavy atom. The first-order valence-corrected chi connectivity index (χ1v) is 16.7. The zero-order valence-corrected chi connectivity index (χ0v) is 28.2. The lowest BCUT2D eigenvalue weighted by molar-refractivity contribution is 0.00501. The maximum absolute atomic E-state index is 9.64. The molecule has 16 nitrogen and oxygen atoms in total. The van der Waals surface area contributed by atoms with Gasteiger partial charge < -0.3 is 29.0 Å². The van der Waals surface area contributed by atoms with Crippen LogP contribution in [0.25, 0.3) is 11.1 Å². The zero-order chi connectivity index (χ0) is 34.4. The average Bonchev–Trinajstić information content (AvgIpc) is 3.54. The van der Waals surface area contributed by atoms with Crippen LogP contribution < -0.4 is 26.2 Å². The van der Waals surface area contributed by atoms with E-state index in [1.807, 2.05) is 23.9 Å². The first kappa shape index (κ1) is 35.9. The number of rotatable bonds is 18. The number of nitrogens with two attached hydrogens (primary N) is 1. The quantitative estimate of drug-likeness (QED) is 0.0505. The minimum atomic E-state index is -0.364. The number of morpholine rings is 1. The van der Waals surface area contributed by atoms with Crippen molar-refractivity contribution in [1.82, 2.24) is 35.2 Å². The number of nitrogens with zero attached hydrogens (tertiary/aromatic N) is 7. The Morgan fingerprint density at radius 2 is 1.84 bits per heavy atom. The summed E-state index contributed by atoms with van der Waals surface area (Å²) in [6.45, 7) is 7.53. The summed E-state index contributed by atoms with van der Waals surface area (Å²) in [5.41, 5.74) is 5.00. The highest BCUT2D eigenvalue weighted by molar-refractivity contribution is 5.67. The highest BCUT2D eigenvalue weighted by Crippen LogP contribution is 2.35. The van der Waals surface area contributed by atoms with Crippen molar-refractivity contribution in [1.29, 1.82) is 10.7 Å². The minimum absolute atomic E-state index is 0.270. The maximum Gasteiger partial charge on any atom is 0.257 e. The highest BCUT2D eigenvalue weighted by atomic mass is 16.5. The van der Waals surface area contributed by atoms with E-state index in [9.17, 15) is 5.26 Å². The topological polar surface area (TPSA) is 194 Å². The fourth-order valence-electron chi connectivity index (χ4n) is 6.05. The molecule has 16 heteroatoms. The predicted octanol–water partition coefficient (Wildman–Crippen LogP) is 2.87. The number of hydrogen-bond acceptors (Lipinski definition) is 14. The van der Waals surface area contributed by atoms with Gasteiger partial charge in [0.1, 0.15) is 30.2 Å². The second-order valence-electron chi connectivity index (χ2n) is 12.0. The van der Waals surface area contributed by atoms with Gasteiger partial charge in [-0.15, -0.1) is 5.10 Å². The molecular weight excluding hydrogens is 630 g/mol. The van der Waals surface area contributed by atoms with Gasteiger partial charge in [-0.05, 0) is 50.3 Å². The summed E-state index contributed by atoms with van der Waals surface area (Å²) >= 11 is 0. The van der Waals surface area contributed by atoms with Crippen LogP contribution in [0.3, 0.4) is 0 Å². The second kappa shape index (κ2) is 18.4. The van der Waals surface area contributed by atoms with Crippen LogP contribution in [-0.2, 0) is 14.2 Å². The molecule has 1 saturated carbocycles. The smallest absolute Gasteiger partial charge is 0.257 e. The van der Waals surface area contributed by atoms with Crippen LogP contribution in [0.2, 0.25) is 0 Å². The van der Waals surface area contributed by atoms with Crippen LogP contribution >= 0.6 is 0 Å². The summed E-state index contributed by atoms with van der Waals surface area (Å²) < 4.78 is 30.3. The Bertz CT molecular complexity index is 1500. The molecule has 2 fully saturated rings. The van der Waals surface area contributed by atoms with Crippen molar-refractivity contribution in [3.8, 4) is 28.8 Å². The summed E-state index contributed by atoms with van der Waals surface area (Å²) in [5.74, 6) is 6.70. The molecule has 5 N–H and O–H groups in total. The molecule has 0 bridgehead atoms. The van der Waals surface area contributed by atoms with E-state index in [-0.39, 0.29) is 12.1 Å². The van der Waals surface area contributed by atoms with Crippen molar-refractivity contribution in [2.45, 2.75) is 50.8 Å². The molecule has 1 saturated heterocycles. The molecular formula is C33H47N11O5. The molecule has 0 amide bonds. The lowest BCUT2D eigenvalue weighted by Crippen LogP contribution is -2.46. The molecule has 0 radical (unpaired) electrons. The zero-order valence-electron chi connectivity index (χ0n) is 28.2. The predicted molar refractivity (Wildman–Crippen MR) is 182 cm³/mol. The third kappa shape index (κ3) is 10.1. The van der Waals surface area contributed by atoms with Crippen molar-refractivity contribution >= 4 is 18.0 Å². The van der Waals surface area contributed by atoms with Crippen LogP contribution in [0.1, 0.15) is 44.2 Å². The van der Waals surface area contributed by atoms with Gasteiger partial charge in [0.05, 0.1) is 63.7 Å². The number of hydrogen-bond donors (Lipinski definition) is 4. The third-order valence-electron chi connectivity index (χ3n) is 8.64. The second-order valence-corrected chi connectivity index (χ2v) is 12.0. The van der Waals surface area contributed by atoms with Gasteiger partial charge in [-0.1, -0.05) is 6.07 Å². The Hall–Kier alpha value is -4.37. The van der Waals surface area contributed by atoms with E-state index in [1.54, 1.807) is 31.6 Å². The molecule has 49 heavy (non-hydrogen) atoms. The number of anilines is 2. The monoisotopic (exact) mass is 677 g/mol. The third-order valence-corrected chi connectivity index (χ3v) is 8.64. The van der Waals surface area contributed by atoms with Crippen LogP contribution in [0, 0.1) is 16.7 Å². The van der Waals surface area contributed by atoms with Crippen molar-refractivity contribution in [3.05, 3.63) is 42.4 Å². The SMILES string of the molecule is COCCOCCOc1nn(C2CCC(N3CCOCC3)CC2)cc1Nc1ncc(-c2ccc(C#N)c(O[C@@H](C)CN(C=N)NN)c2)cn1. The first-order chi connectivity index (χ1) is 24.0.